The molecule has 2 aromatic rings. The largest absolute Gasteiger partial charge is 0.382 e. The predicted octanol–water partition coefficient (Wildman–Crippen LogP) is 2.14. The quantitative estimate of drug-likeness (QED) is 0.756. The van der Waals surface area contributed by atoms with E-state index in [1.165, 1.54) is 12.4 Å². The lowest BCUT2D eigenvalue weighted by Gasteiger charge is -2.02. The van der Waals surface area contributed by atoms with Gasteiger partial charge in [0.05, 0.1) is 18.1 Å². The molecule has 82 valence electrons. The van der Waals surface area contributed by atoms with Crippen molar-refractivity contribution in [3.8, 4) is 11.3 Å². The van der Waals surface area contributed by atoms with Crippen molar-refractivity contribution in [2.45, 2.75) is 0 Å². The third-order valence-corrected chi connectivity index (χ3v) is 1.95. The van der Waals surface area contributed by atoms with Crippen LogP contribution in [0.25, 0.3) is 11.3 Å². The molecule has 0 bridgehead atoms. The van der Waals surface area contributed by atoms with Crippen LogP contribution in [-0.4, -0.2) is 9.97 Å². The lowest BCUT2D eigenvalue weighted by molar-refractivity contribution is 0.447. The summed E-state index contributed by atoms with van der Waals surface area (Å²) in [6.07, 6.45) is 2.50. The Morgan fingerprint density at radius 2 is 1.56 bits per heavy atom. The first-order chi connectivity index (χ1) is 7.58. The summed E-state index contributed by atoms with van der Waals surface area (Å²) >= 11 is 0. The molecule has 1 heterocycles. The summed E-state index contributed by atoms with van der Waals surface area (Å²) in [4.78, 5) is 7.53. The van der Waals surface area contributed by atoms with Crippen LogP contribution in [0.5, 0.6) is 0 Å². The van der Waals surface area contributed by atoms with Crippen LogP contribution in [0.1, 0.15) is 0 Å². The number of hydrogen-bond acceptors (Lipinski definition) is 3. The van der Waals surface area contributed by atoms with Crippen LogP contribution in [0.3, 0.4) is 0 Å². The fraction of sp³-hybridized carbons (Fsp3) is 0. The number of nitrogens with zero attached hydrogens (tertiary/aromatic N) is 2. The SMILES string of the molecule is Nc1cnc(-c2cc(F)c(F)c(F)c2)cn1. The summed E-state index contributed by atoms with van der Waals surface area (Å²) in [5.74, 6) is -3.86. The number of nitrogen functional groups attached to an aromatic ring is 1. The predicted molar refractivity (Wildman–Crippen MR) is 51.8 cm³/mol. The Morgan fingerprint density at radius 1 is 0.938 bits per heavy atom. The van der Waals surface area contributed by atoms with Crippen molar-refractivity contribution in [2.75, 3.05) is 5.73 Å². The van der Waals surface area contributed by atoms with Gasteiger partial charge in [0.1, 0.15) is 5.82 Å². The van der Waals surface area contributed by atoms with Gasteiger partial charge in [-0.3, -0.25) is 4.98 Å². The van der Waals surface area contributed by atoms with Gasteiger partial charge in [-0.05, 0) is 12.1 Å². The van der Waals surface area contributed by atoms with Gasteiger partial charge in [-0.15, -0.1) is 0 Å². The number of rotatable bonds is 1. The molecule has 0 atom stereocenters. The molecule has 0 spiro atoms. The Bertz CT molecular complexity index is 502. The summed E-state index contributed by atoms with van der Waals surface area (Å²) in [6, 6.07) is 1.69. The summed E-state index contributed by atoms with van der Waals surface area (Å²) in [5, 5.41) is 0. The van der Waals surface area contributed by atoms with E-state index >= 15 is 0 Å². The van der Waals surface area contributed by atoms with Gasteiger partial charge in [-0.25, -0.2) is 18.2 Å². The summed E-state index contributed by atoms with van der Waals surface area (Å²) in [7, 11) is 0. The number of benzene rings is 1. The molecule has 2 N–H and O–H groups in total. The van der Waals surface area contributed by atoms with E-state index in [9.17, 15) is 13.2 Å². The maximum atomic E-state index is 12.9. The molecule has 0 aliphatic carbocycles. The van der Waals surface area contributed by atoms with Crippen LogP contribution in [-0.2, 0) is 0 Å². The standard InChI is InChI=1S/C10H6F3N3/c11-6-1-5(2-7(12)10(6)13)8-3-16-9(14)4-15-8/h1-4H,(H2,14,16). The minimum Gasteiger partial charge on any atom is -0.382 e. The molecule has 0 saturated heterocycles. The molecule has 0 aliphatic heterocycles. The molecule has 1 aromatic carbocycles. The number of aromatic nitrogens is 2. The topological polar surface area (TPSA) is 51.8 Å². The van der Waals surface area contributed by atoms with E-state index in [1.807, 2.05) is 0 Å². The summed E-state index contributed by atoms with van der Waals surface area (Å²) < 4.78 is 38.5. The van der Waals surface area contributed by atoms with Crippen LogP contribution in [0.2, 0.25) is 0 Å². The lowest BCUT2D eigenvalue weighted by Crippen LogP contribution is -1.95. The molecule has 0 saturated carbocycles. The third-order valence-electron chi connectivity index (χ3n) is 1.95. The Labute approximate surface area is 88.8 Å². The van der Waals surface area contributed by atoms with Crippen molar-refractivity contribution in [1.29, 1.82) is 0 Å². The molecule has 0 unspecified atom stereocenters. The minimum absolute atomic E-state index is 0.101. The zero-order chi connectivity index (χ0) is 11.7. The second-order valence-corrected chi connectivity index (χ2v) is 3.08. The van der Waals surface area contributed by atoms with E-state index < -0.39 is 17.5 Å². The molecule has 0 fully saturated rings. The van der Waals surface area contributed by atoms with E-state index in [0.29, 0.717) is 0 Å². The number of halogens is 3. The Kier molecular flexibility index (Phi) is 2.47. The zero-order valence-electron chi connectivity index (χ0n) is 7.92. The van der Waals surface area contributed by atoms with Gasteiger partial charge in [-0.1, -0.05) is 0 Å². The van der Waals surface area contributed by atoms with Crippen molar-refractivity contribution in [3.63, 3.8) is 0 Å². The van der Waals surface area contributed by atoms with Gasteiger partial charge in [0.25, 0.3) is 0 Å². The van der Waals surface area contributed by atoms with Crippen molar-refractivity contribution in [3.05, 3.63) is 42.0 Å². The molecule has 1 aromatic heterocycles. The molecule has 2 rings (SSSR count). The van der Waals surface area contributed by atoms with Gasteiger partial charge in [0.2, 0.25) is 0 Å². The normalized spacial score (nSPS) is 10.4. The first kappa shape index (κ1) is 10.4. The van der Waals surface area contributed by atoms with Crippen LogP contribution >= 0.6 is 0 Å². The Morgan fingerprint density at radius 3 is 2.06 bits per heavy atom. The van der Waals surface area contributed by atoms with Crippen molar-refractivity contribution < 1.29 is 13.2 Å². The number of nitrogens with two attached hydrogens (primary N) is 1. The first-order valence-electron chi connectivity index (χ1n) is 4.30. The van der Waals surface area contributed by atoms with Crippen LogP contribution < -0.4 is 5.73 Å². The number of anilines is 1. The van der Waals surface area contributed by atoms with Gasteiger partial charge in [0.15, 0.2) is 17.5 Å². The maximum Gasteiger partial charge on any atom is 0.194 e. The van der Waals surface area contributed by atoms with Gasteiger partial charge >= 0.3 is 0 Å². The highest BCUT2D eigenvalue weighted by atomic mass is 19.2. The van der Waals surface area contributed by atoms with Crippen molar-refractivity contribution >= 4 is 5.82 Å². The lowest BCUT2D eigenvalue weighted by atomic mass is 10.1. The molecule has 0 radical (unpaired) electrons. The average molecular weight is 225 g/mol. The van der Waals surface area contributed by atoms with Gasteiger partial charge in [0, 0.05) is 5.56 Å². The van der Waals surface area contributed by atoms with E-state index in [1.54, 1.807) is 0 Å². The van der Waals surface area contributed by atoms with Gasteiger partial charge < -0.3 is 5.73 Å². The first-order valence-corrected chi connectivity index (χ1v) is 4.30. The smallest absolute Gasteiger partial charge is 0.194 e. The van der Waals surface area contributed by atoms with Crippen LogP contribution in [0, 0.1) is 17.5 Å². The van der Waals surface area contributed by atoms with E-state index in [2.05, 4.69) is 9.97 Å². The van der Waals surface area contributed by atoms with Crippen LogP contribution in [0.4, 0.5) is 19.0 Å². The monoisotopic (exact) mass is 225 g/mol. The van der Waals surface area contributed by atoms with E-state index in [4.69, 9.17) is 5.73 Å². The molecule has 0 amide bonds. The van der Waals surface area contributed by atoms with Crippen LogP contribution in [0.15, 0.2) is 24.5 Å². The highest BCUT2D eigenvalue weighted by molar-refractivity contribution is 5.58. The fourth-order valence-corrected chi connectivity index (χ4v) is 1.19. The van der Waals surface area contributed by atoms with E-state index in [0.717, 1.165) is 12.1 Å². The molecular formula is C10H6F3N3. The second kappa shape index (κ2) is 3.80. The van der Waals surface area contributed by atoms with E-state index in [-0.39, 0.29) is 17.1 Å². The summed E-state index contributed by atoms with van der Waals surface area (Å²) in [5.41, 5.74) is 5.62. The van der Waals surface area contributed by atoms with Crippen molar-refractivity contribution in [1.82, 2.24) is 9.97 Å². The average Bonchev–Trinajstić information content (AvgIpc) is 2.26. The second-order valence-electron chi connectivity index (χ2n) is 3.08. The summed E-state index contributed by atoms with van der Waals surface area (Å²) in [6.45, 7) is 0. The maximum absolute atomic E-state index is 12.9. The van der Waals surface area contributed by atoms with Gasteiger partial charge in [-0.2, -0.15) is 0 Å². The Balaban J connectivity index is 2.52. The molecule has 16 heavy (non-hydrogen) atoms. The fourth-order valence-electron chi connectivity index (χ4n) is 1.19. The van der Waals surface area contributed by atoms with Crippen molar-refractivity contribution in [2.24, 2.45) is 0 Å². The highest BCUT2D eigenvalue weighted by Crippen LogP contribution is 2.21. The Hall–Kier alpha value is -2.11. The molecule has 6 heteroatoms. The third kappa shape index (κ3) is 1.81. The molecule has 0 aliphatic rings. The molecular weight excluding hydrogens is 219 g/mol. The highest BCUT2D eigenvalue weighted by Gasteiger charge is 2.12. The minimum atomic E-state index is -1.51. The zero-order valence-corrected chi connectivity index (χ0v) is 7.92. The molecule has 3 nitrogen and oxygen atoms in total. The number of hydrogen-bond donors (Lipinski definition) is 1.